The second kappa shape index (κ2) is 49.3. The van der Waals surface area contributed by atoms with Gasteiger partial charge in [-0.05, 0) is 0 Å². The molecule has 0 aromatic carbocycles. The number of halogens is 1. The smallest absolute Gasteiger partial charge is 0.364 e. The molecule has 0 aromatic heterocycles. The van der Waals surface area contributed by atoms with E-state index in [4.69, 9.17) is 111 Å². The standard InChI is InChI=1S/C78H132BrN3O56/c1-19-39(96)57(29(12-87)121-66(19)82-36(95)7-79)130-67-20(2)40(97)60(32(15-90)124-67)133-72-56(113)63(134-74-65(53(110)46(103)28(11-86)123-74)136-69-22(4)42(99)59(31(14-89)126-69)132-71-55(112)51(108)48(105)35(129-71)18-120-78(76(116)117)6-24(92)38(81)62(138-78)44(101)26(94)9-84)49(106)33(127-72)16-118-73-64(52(109)45(102)27(10-85)122-73)135-68-21(3)41(98)58(30(13-88)125-68)131-70-54(111)50(107)47(104)34(128-70)17-119-77(75(114)115)5-23(91)37(80)61(137-77)43(100)25(93)8-83/h19-35,37-74,83-94,96-113H,5-18,80-81H2,1-4H3,(H,82,95)(H,114,115)(H,116,117)/t19-,20-,21?,22-,23+,24+,25?,26?,27?,28+,29?,30-,31?,32?,33?,34?,35?,37+,38+,39?,40?,41?,42?,43+,44+,45+,46+,47-,48-,49+,50?,51?,52?,53?,54-,55-,56+,57+,58+,59+,60+,61?,62?,63?,64+,65?,66+,67-,68-,69-,70-,71-,72-,73-,74+,77+,78+/m0/s1. The minimum absolute atomic E-state index is 0.173. The first kappa shape index (κ1) is 115. The molecule has 0 saturated carbocycles. The Morgan fingerprint density at radius 2 is 0.638 bits per heavy atom. The molecule has 57 atom stereocenters. The predicted molar refractivity (Wildman–Crippen MR) is 433 cm³/mol. The lowest BCUT2D eigenvalue weighted by atomic mass is 9.89. The Labute approximate surface area is 791 Å². The van der Waals surface area contributed by atoms with Crippen molar-refractivity contribution in [2.45, 2.75) is 365 Å². The minimum Gasteiger partial charge on any atom is -0.477 e. The van der Waals surface area contributed by atoms with E-state index in [0.717, 1.165) is 0 Å². The van der Waals surface area contributed by atoms with E-state index in [1.165, 1.54) is 27.7 Å². The van der Waals surface area contributed by atoms with Crippen LogP contribution in [0.3, 0.4) is 0 Å². The molecule has 11 saturated heterocycles. The molecule has 138 heavy (non-hydrogen) atoms. The molecule has 0 radical (unpaired) electrons. The number of nitrogens with one attached hydrogen (secondary N) is 1. The molecule has 22 unspecified atom stereocenters. The molecule has 0 aliphatic carbocycles. The lowest BCUT2D eigenvalue weighted by Gasteiger charge is -2.51. The van der Waals surface area contributed by atoms with Crippen LogP contribution in [-0.2, 0) is 114 Å². The summed E-state index contributed by atoms with van der Waals surface area (Å²) in [6.45, 7) is -6.84. The van der Waals surface area contributed by atoms with Crippen LogP contribution in [0.5, 0.6) is 0 Å². The molecule has 37 N–H and O–H groups in total. The van der Waals surface area contributed by atoms with Gasteiger partial charge in [-0.25, -0.2) is 9.59 Å². The monoisotopic (exact) mass is 2090 g/mol. The third-order valence-corrected chi connectivity index (χ3v) is 27.4. The maximum absolute atomic E-state index is 12.9. The maximum atomic E-state index is 12.9. The van der Waals surface area contributed by atoms with E-state index in [0.29, 0.717) is 0 Å². The molecule has 0 spiro atoms. The second-order valence-electron chi connectivity index (χ2n) is 36.1. The number of carbonyl (C=O) groups excluding carboxylic acids is 1. The molecule has 0 aromatic rings. The van der Waals surface area contributed by atoms with Crippen molar-refractivity contribution in [2.24, 2.45) is 35.1 Å². The first-order valence-corrected chi connectivity index (χ1v) is 45.6. The number of amides is 1. The number of hydrogen-bond acceptors (Lipinski definition) is 56. The fraction of sp³-hybridized carbons (Fsp3) is 0.962. The van der Waals surface area contributed by atoms with Gasteiger partial charge in [-0.1, -0.05) is 43.6 Å². The van der Waals surface area contributed by atoms with E-state index in [1.807, 2.05) is 0 Å². The zero-order chi connectivity index (χ0) is 102. The van der Waals surface area contributed by atoms with Gasteiger partial charge in [-0.2, -0.15) is 0 Å². The zero-order valence-corrected chi connectivity index (χ0v) is 75.9. The fourth-order valence-corrected chi connectivity index (χ4v) is 18.3. The van der Waals surface area contributed by atoms with Gasteiger partial charge in [0, 0.05) is 36.5 Å². The van der Waals surface area contributed by atoms with Crippen LogP contribution < -0.4 is 16.8 Å². The largest absolute Gasteiger partial charge is 0.477 e. The van der Waals surface area contributed by atoms with Crippen molar-refractivity contribution in [3.63, 3.8) is 0 Å². The number of ether oxygens (including phenoxy) is 21. The van der Waals surface area contributed by atoms with Crippen molar-refractivity contribution in [3.05, 3.63) is 0 Å². The fourth-order valence-electron chi connectivity index (χ4n) is 18.1. The molecule has 11 aliphatic heterocycles. The number of aliphatic hydroxyl groups excluding tert-OH is 30. The van der Waals surface area contributed by atoms with Gasteiger partial charge in [0.2, 0.25) is 5.91 Å². The molecule has 11 fully saturated rings. The van der Waals surface area contributed by atoms with Gasteiger partial charge >= 0.3 is 11.9 Å². The summed E-state index contributed by atoms with van der Waals surface area (Å²) in [6.07, 6.45) is -101. The highest BCUT2D eigenvalue weighted by molar-refractivity contribution is 9.09. The van der Waals surface area contributed by atoms with E-state index >= 15 is 0 Å². The first-order chi connectivity index (χ1) is 65.1. The highest BCUT2D eigenvalue weighted by Gasteiger charge is 2.64. The molecule has 11 rings (SSSR count). The number of hydrogen-bond donors (Lipinski definition) is 35. The Balaban J connectivity index is 0.836. The molecular weight excluding hydrogens is 1950 g/mol. The summed E-state index contributed by atoms with van der Waals surface area (Å²) in [7, 11) is 0. The molecule has 11 aliphatic rings. The number of aliphatic hydroxyl groups is 30. The van der Waals surface area contributed by atoms with Gasteiger partial charge in [-0.3, -0.25) is 4.79 Å². The Kier molecular flexibility index (Phi) is 41.1. The van der Waals surface area contributed by atoms with Gasteiger partial charge in [0.25, 0.3) is 11.6 Å². The predicted octanol–water partition coefficient (Wildman–Crippen LogP) is -21.0. The molecule has 1 amide bonds. The van der Waals surface area contributed by atoms with E-state index in [1.54, 1.807) is 0 Å². The normalized spacial score (nSPS) is 49.8. The van der Waals surface area contributed by atoms with Crippen LogP contribution in [0.2, 0.25) is 0 Å². The van der Waals surface area contributed by atoms with Crippen LogP contribution in [-0.4, -0.2) is 584 Å². The van der Waals surface area contributed by atoms with Gasteiger partial charge in [0.1, 0.15) is 214 Å². The zero-order valence-electron chi connectivity index (χ0n) is 74.3. The number of aliphatic carboxylic acids is 2. The Bertz CT molecular complexity index is 3770. The van der Waals surface area contributed by atoms with Gasteiger partial charge in [0.05, 0.1) is 127 Å². The molecule has 0 bridgehead atoms. The van der Waals surface area contributed by atoms with E-state index in [-0.39, 0.29) is 5.33 Å². The Morgan fingerprint density at radius 1 is 0.341 bits per heavy atom. The number of carboxylic acid groups (broad SMARTS) is 2. The van der Waals surface area contributed by atoms with Gasteiger partial charge < -0.3 is 280 Å². The second-order valence-corrected chi connectivity index (χ2v) is 36.7. The highest BCUT2D eigenvalue weighted by Crippen LogP contribution is 2.45. The molecule has 11 heterocycles. The third kappa shape index (κ3) is 24.3. The van der Waals surface area contributed by atoms with Crippen molar-refractivity contribution < 1.29 is 277 Å². The van der Waals surface area contributed by atoms with E-state index < -0.39 is 451 Å². The summed E-state index contributed by atoms with van der Waals surface area (Å²) in [5, 5.41) is 358. The average molecular weight is 2090 g/mol. The summed E-state index contributed by atoms with van der Waals surface area (Å²) in [5.74, 6) is -15.7. The minimum atomic E-state index is -2.98. The lowest BCUT2D eigenvalue weighted by Crippen LogP contribution is -2.68. The number of carbonyl (C=O) groups is 3. The Hall–Kier alpha value is -3.23. The number of rotatable bonds is 39. The van der Waals surface area contributed by atoms with Crippen molar-refractivity contribution in [1.29, 1.82) is 0 Å². The Morgan fingerprint density at radius 3 is 0.993 bits per heavy atom. The summed E-state index contributed by atoms with van der Waals surface area (Å²) in [6, 6.07) is -3.19. The molecular formula is C78H132BrN3O56. The number of alkyl halides is 1. The van der Waals surface area contributed by atoms with Gasteiger partial charge in [0.15, 0.2) is 50.3 Å². The SMILES string of the molecule is CC1C(O)[C@H](O[C@@H]2OC(CO[C@]3(C(=O)O)C[C@@H](O)[C@@H](N)C([C@H](O)C(O)CO)O3)[C@H](O)C(O)[C@@H]2O)[C@H](CO)O[C@H]1O[C@@H]1C(O)[C@H](O)C(CO)O[C@@H]1OCC1O[C@@H](O[C@@H]2C(CO)O[C@@H](O[C@@H]3C(CO)O[C@@H](NC(=O)CBr)[C@@H](C)C3O)[C@@H](C)C2O)[C@H](O)C(O[C@H]2O[C@H](CO)[C@@H](O)C(O)C2O[C@@H]2OC(CO)[C@@H](O[C@@H]3OC(CO[C@]4(C(=O)O)C[C@@H](O)[C@@H](N)C([C@H](O)C(O)CO)O4)[C@H](O)C(O)[C@@H]3O)C(O)[C@@H]2C)[C@@H]1O. The number of nitrogens with two attached hydrogens (primary N) is 2. The lowest BCUT2D eigenvalue weighted by molar-refractivity contribution is -0.402. The molecule has 59 nitrogen and oxygen atoms in total. The van der Waals surface area contributed by atoms with Crippen molar-refractivity contribution >= 4 is 33.8 Å². The molecule has 60 heteroatoms. The van der Waals surface area contributed by atoms with E-state index in [9.17, 15) is 178 Å². The van der Waals surface area contributed by atoms with Gasteiger partial charge in [-0.15, -0.1) is 0 Å². The summed E-state index contributed by atoms with van der Waals surface area (Å²) < 4.78 is 125. The maximum Gasteiger partial charge on any atom is 0.364 e. The third-order valence-electron chi connectivity index (χ3n) is 26.9. The van der Waals surface area contributed by atoms with E-state index in [2.05, 4.69) is 21.2 Å². The quantitative estimate of drug-likeness (QED) is 0.0254. The van der Waals surface area contributed by atoms with Crippen LogP contribution in [0, 0.1) is 23.7 Å². The van der Waals surface area contributed by atoms with Crippen molar-refractivity contribution in [3.8, 4) is 0 Å². The first-order valence-electron chi connectivity index (χ1n) is 44.5. The van der Waals surface area contributed by atoms with Crippen LogP contribution in [0.4, 0.5) is 0 Å². The average Bonchev–Trinajstić information content (AvgIpc) is 0.927. The van der Waals surface area contributed by atoms with Crippen molar-refractivity contribution in [1.82, 2.24) is 5.32 Å². The molecule has 802 valence electrons. The topological polar surface area (TPSA) is 956 Å². The highest BCUT2D eigenvalue weighted by atomic mass is 79.9. The van der Waals surface area contributed by atoms with Crippen LogP contribution in [0.15, 0.2) is 0 Å². The van der Waals surface area contributed by atoms with Crippen LogP contribution >= 0.6 is 15.9 Å². The van der Waals surface area contributed by atoms with Crippen LogP contribution in [0.1, 0.15) is 40.5 Å². The van der Waals surface area contributed by atoms with Crippen LogP contribution in [0.25, 0.3) is 0 Å². The van der Waals surface area contributed by atoms with Crippen molar-refractivity contribution in [2.75, 3.05) is 78.0 Å². The summed E-state index contributed by atoms with van der Waals surface area (Å²) in [5.41, 5.74) is 11.9. The summed E-state index contributed by atoms with van der Waals surface area (Å²) in [4.78, 5) is 38.1. The number of carboxylic acids is 2. The summed E-state index contributed by atoms with van der Waals surface area (Å²) >= 11 is 3.03.